The Bertz CT molecular complexity index is 706. The average Bonchev–Trinajstić information content (AvgIpc) is 2.89. The van der Waals surface area contributed by atoms with E-state index in [9.17, 15) is 9.90 Å². The molecule has 0 amide bonds. The second-order valence-corrected chi connectivity index (χ2v) is 6.15. The Labute approximate surface area is 144 Å². The first-order valence-corrected chi connectivity index (χ1v) is 7.90. The normalized spacial score (nSPS) is 20.9. The minimum Gasteiger partial charge on any atom is -0.486 e. The van der Waals surface area contributed by atoms with E-state index < -0.39 is 12.1 Å². The first-order chi connectivity index (χ1) is 11.5. The number of likely N-dealkylation sites (tertiary alicyclic amines) is 1. The van der Waals surface area contributed by atoms with Crippen LogP contribution in [0, 0.1) is 0 Å². The summed E-state index contributed by atoms with van der Waals surface area (Å²) in [5.74, 6) is -0.445. The van der Waals surface area contributed by atoms with Gasteiger partial charge in [-0.1, -0.05) is 11.6 Å². The molecule has 6 nitrogen and oxygen atoms in total. The summed E-state index contributed by atoms with van der Waals surface area (Å²) in [6, 6.07) is 9.80. The maximum absolute atomic E-state index is 10.8. The lowest BCUT2D eigenvalue weighted by molar-refractivity contribution is 0.0693. The van der Waals surface area contributed by atoms with Crippen LogP contribution in [0.1, 0.15) is 16.1 Å². The van der Waals surface area contributed by atoms with E-state index in [0.717, 1.165) is 5.69 Å². The van der Waals surface area contributed by atoms with E-state index in [0.29, 0.717) is 30.4 Å². The number of benzene rings is 1. The molecule has 3 rings (SSSR count). The lowest BCUT2D eigenvalue weighted by atomic mass is 10.2. The second kappa shape index (κ2) is 7.17. The molecule has 2 N–H and O–H groups in total. The van der Waals surface area contributed by atoms with Crippen LogP contribution in [0.25, 0.3) is 0 Å². The molecular weight excluding hydrogens is 332 g/mol. The van der Waals surface area contributed by atoms with Crippen LogP contribution in [0.5, 0.6) is 5.75 Å². The number of ether oxygens (including phenoxy) is 1. The Hall–Kier alpha value is -2.15. The smallest absolute Gasteiger partial charge is 0.335 e. The molecular formula is C17H17ClN2O4. The molecule has 1 aromatic carbocycles. The van der Waals surface area contributed by atoms with Gasteiger partial charge < -0.3 is 14.9 Å². The van der Waals surface area contributed by atoms with Crippen LogP contribution >= 0.6 is 11.6 Å². The number of β-amino-alcohol motifs (C(OH)–C–C–N with tert-alkyl or cyclic N) is 1. The lowest BCUT2D eigenvalue weighted by Crippen LogP contribution is -2.29. The van der Waals surface area contributed by atoms with Gasteiger partial charge in [0.05, 0.1) is 16.3 Å². The number of aromatic carboxylic acids is 1. The number of aromatic nitrogens is 1. The molecule has 1 fully saturated rings. The highest BCUT2D eigenvalue weighted by Gasteiger charge is 2.33. The van der Waals surface area contributed by atoms with Gasteiger partial charge in [0.15, 0.2) is 0 Å². The van der Waals surface area contributed by atoms with Crippen molar-refractivity contribution < 1.29 is 19.7 Å². The summed E-state index contributed by atoms with van der Waals surface area (Å²) < 4.78 is 5.78. The predicted octanol–water partition coefficient (Wildman–Crippen LogP) is 2.06. The topological polar surface area (TPSA) is 82.9 Å². The molecule has 1 aliphatic heterocycles. The minimum absolute atomic E-state index is 0.199. The predicted molar refractivity (Wildman–Crippen MR) is 88.3 cm³/mol. The third-order valence-corrected chi connectivity index (χ3v) is 4.10. The number of carboxylic acid groups (broad SMARTS) is 1. The molecule has 2 heterocycles. The maximum Gasteiger partial charge on any atom is 0.335 e. The number of nitrogens with zero attached hydrogens (tertiary/aromatic N) is 2. The Kier molecular flexibility index (Phi) is 4.99. The zero-order chi connectivity index (χ0) is 17.1. The van der Waals surface area contributed by atoms with E-state index in [1.165, 1.54) is 12.1 Å². The number of carboxylic acids is 1. The number of rotatable bonds is 5. The van der Waals surface area contributed by atoms with Crippen molar-refractivity contribution in [1.82, 2.24) is 9.88 Å². The summed E-state index contributed by atoms with van der Waals surface area (Å²) in [6.45, 7) is 1.65. The van der Waals surface area contributed by atoms with E-state index in [2.05, 4.69) is 9.88 Å². The summed E-state index contributed by atoms with van der Waals surface area (Å²) in [5, 5.41) is 19.7. The van der Waals surface area contributed by atoms with E-state index in [1.54, 1.807) is 24.4 Å². The van der Waals surface area contributed by atoms with Gasteiger partial charge in [0.25, 0.3) is 0 Å². The van der Waals surface area contributed by atoms with Crippen LogP contribution in [0.2, 0.25) is 5.02 Å². The van der Waals surface area contributed by atoms with Gasteiger partial charge in [-0.25, -0.2) is 4.79 Å². The van der Waals surface area contributed by atoms with E-state index in [-0.39, 0.29) is 11.7 Å². The van der Waals surface area contributed by atoms with Crippen molar-refractivity contribution in [3.8, 4) is 5.75 Å². The van der Waals surface area contributed by atoms with Gasteiger partial charge in [-0.15, -0.1) is 0 Å². The van der Waals surface area contributed by atoms with Gasteiger partial charge in [-0.2, -0.15) is 0 Å². The molecule has 0 radical (unpaired) electrons. The van der Waals surface area contributed by atoms with Crippen molar-refractivity contribution in [1.29, 1.82) is 0 Å². The fourth-order valence-corrected chi connectivity index (χ4v) is 2.77. The van der Waals surface area contributed by atoms with Crippen LogP contribution in [-0.2, 0) is 6.54 Å². The molecule has 2 atom stereocenters. The summed E-state index contributed by atoms with van der Waals surface area (Å²) in [7, 11) is 0. The van der Waals surface area contributed by atoms with Crippen molar-refractivity contribution >= 4 is 17.6 Å². The van der Waals surface area contributed by atoms with Gasteiger partial charge >= 0.3 is 5.97 Å². The summed E-state index contributed by atoms with van der Waals surface area (Å²) >= 11 is 5.82. The Morgan fingerprint density at radius 2 is 2.00 bits per heavy atom. The zero-order valence-electron chi connectivity index (χ0n) is 12.8. The maximum atomic E-state index is 10.8. The highest BCUT2D eigenvalue weighted by Crippen LogP contribution is 2.21. The first-order valence-electron chi connectivity index (χ1n) is 7.52. The van der Waals surface area contributed by atoms with Crippen molar-refractivity contribution in [2.24, 2.45) is 0 Å². The molecule has 1 saturated heterocycles. The number of aliphatic hydroxyl groups excluding tert-OH is 1. The van der Waals surface area contributed by atoms with Gasteiger partial charge in [0.1, 0.15) is 18.0 Å². The van der Waals surface area contributed by atoms with Gasteiger partial charge in [0.2, 0.25) is 0 Å². The Balaban J connectivity index is 1.59. The highest BCUT2D eigenvalue weighted by molar-refractivity contribution is 6.30. The van der Waals surface area contributed by atoms with Crippen LogP contribution in [0.4, 0.5) is 0 Å². The molecule has 0 unspecified atom stereocenters. The molecule has 126 valence electrons. The Morgan fingerprint density at radius 1 is 1.25 bits per heavy atom. The van der Waals surface area contributed by atoms with Crippen LogP contribution in [0.3, 0.4) is 0 Å². The zero-order valence-corrected chi connectivity index (χ0v) is 13.6. The van der Waals surface area contributed by atoms with Crippen LogP contribution in [-0.4, -0.2) is 51.4 Å². The summed E-state index contributed by atoms with van der Waals surface area (Å²) in [5.41, 5.74) is 1.07. The quantitative estimate of drug-likeness (QED) is 0.860. The third-order valence-electron chi connectivity index (χ3n) is 3.88. The van der Waals surface area contributed by atoms with Gasteiger partial charge in [-0.05, 0) is 36.4 Å². The van der Waals surface area contributed by atoms with Crippen LogP contribution < -0.4 is 4.74 Å². The average molecular weight is 349 g/mol. The van der Waals surface area contributed by atoms with Crippen molar-refractivity contribution in [3.05, 3.63) is 58.9 Å². The van der Waals surface area contributed by atoms with Crippen molar-refractivity contribution in [3.63, 3.8) is 0 Å². The number of pyridine rings is 1. The summed E-state index contributed by atoms with van der Waals surface area (Å²) in [4.78, 5) is 17.1. The molecule has 7 heteroatoms. The fourth-order valence-electron chi connectivity index (χ4n) is 2.66. The number of hydrogen-bond acceptors (Lipinski definition) is 5. The molecule has 0 saturated carbocycles. The number of hydrogen-bond donors (Lipinski definition) is 2. The van der Waals surface area contributed by atoms with E-state index in [4.69, 9.17) is 21.4 Å². The highest BCUT2D eigenvalue weighted by atomic mass is 35.5. The first kappa shape index (κ1) is 16.7. The van der Waals surface area contributed by atoms with Crippen LogP contribution in [0.15, 0.2) is 42.6 Å². The monoisotopic (exact) mass is 348 g/mol. The molecule has 0 bridgehead atoms. The summed E-state index contributed by atoms with van der Waals surface area (Å²) in [6.07, 6.45) is 0.617. The van der Waals surface area contributed by atoms with Crippen molar-refractivity contribution in [2.75, 3.05) is 13.1 Å². The van der Waals surface area contributed by atoms with E-state index in [1.807, 2.05) is 6.07 Å². The number of halogens is 1. The second-order valence-electron chi connectivity index (χ2n) is 5.72. The number of carbonyl (C=O) groups is 1. The molecule has 2 aromatic rings. The molecule has 0 aliphatic carbocycles. The van der Waals surface area contributed by atoms with E-state index >= 15 is 0 Å². The fraction of sp³-hybridized carbons (Fsp3) is 0.294. The molecule has 24 heavy (non-hydrogen) atoms. The lowest BCUT2D eigenvalue weighted by Gasteiger charge is -2.17. The SMILES string of the molecule is O=C(O)c1ccc(O[C@@H]2CN(Cc3ccc(Cl)cn3)C[C@H]2O)cc1. The van der Waals surface area contributed by atoms with Gasteiger partial charge in [-0.3, -0.25) is 9.88 Å². The molecule has 1 aromatic heterocycles. The van der Waals surface area contributed by atoms with Crippen molar-refractivity contribution in [2.45, 2.75) is 18.8 Å². The largest absolute Gasteiger partial charge is 0.486 e. The number of aliphatic hydroxyl groups is 1. The standard InChI is InChI=1S/C17H17ClN2O4/c18-12-3-4-13(19-7-12)8-20-9-15(21)16(10-20)24-14-5-1-11(2-6-14)17(22)23/h1-7,15-16,21H,8-10H2,(H,22,23)/t15-,16-/m1/s1. The molecule has 0 spiro atoms. The minimum atomic E-state index is -0.982. The molecule has 1 aliphatic rings. The van der Waals surface area contributed by atoms with Gasteiger partial charge in [0, 0.05) is 25.8 Å². The third kappa shape index (κ3) is 4.03. The Morgan fingerprint density at radius 3 is 2.62 bits per heavy atom.